The third kappa shape index (κ3) is 3.22. The van der Waals surface area contributed by atoms with Gasteiger partial charge in [0.2, 0.25) is 0 Å². The van der Waals surface area contributed by atoms with E-state index in [4.69, 9.17) is 16.3 Å². The van der Waals surface area contributed by atoms with Crippen LogP contribution in [-0.2, 0) is 11.3 Å². The van der Waals surface area contributed by atoms with Gasteiger partial charge in [0.25, 0.3) is 0 Å². The van der Waals surface area contributed by atoms with Crippen molar-refractivity contribution in [1.82, 2.24) is 0 Å². The summed E-state index contributed by atoms with van der Waals surface area (Å²) in [5.41, 5.74) is 0.863. The first-order valence-corrected chi connectivity index (χ1v) is 5.00. The van der Waals surface area contributed by atoms with Gasteiger partial charge < -0.3 is 9.84 Å². The zero-order chi connectivity index (χ0) is 11.4. The molecule has 1 rings (SSSR count). The highest BCUT2D eigenvalue weighted by Crippen LogP contribution is 2.25. The van der Waals surface area contributed by atoms with Crippen molar-refractivity contribution in [2.75, 3.05) is 0 Å². The molecular formula is C11H13ClO3. The number of aromatic hydroxyl groups is 1. The number of hydrogen-bond donors (Lipinski definition) is 1. The number of halogens is 1. The Morgan fingerprint density at radius 2 is 2.20 bits per heavy atom. The molecule has 0 unspecified atom stereocenters. The summed E-state index contributed by atoms with van der Waals surface area (Å²) >= 11 is 5.91. The molecule has 0 atom stereocenters. The van der Waals surface area contributed by atoms with E-state index in [0.717, 1.165) is 0 Å². The normalized spacial score (nSPS) is 10.7. The lowest BCUT2D eigenvalue weighted by atomic mass is 10.1. The number of benzene rings is 1. The molecule has 0 radical (unpaired) electrons. The molecular weight excluding hydrogens is 216 g/mol. The van der Waals surface area contributed by atoms with Crippen LogP contribution in [0.15, 0.2) is 12.1 Å². The van der Waals surface area contributed by atoms with Gasteiger partial charge in [-0.2, -0.15) is 0 Å². The van der Waals surface area contributed by atoms with Gasteiger partial charge >= 0.3 is 0 Å². The first-order valence-electron chi connectivity index (χ1n) is 4.62. The summed E-state index contributed by atoms with van der Waals surface area (Å²) in [6.07, 6.45) is 0.655. The van der Waals surface area contributed by atoms with Crippen molar-refractivity contribution in [3.8, 4) is 5.75 Å². The van der Waals surface area contributed by atoms with Gasteiger partial charge in [0.15, 0.2) is 6.29 Å². The predicted molar refractivity (Wildman–Crippen MR) is 58.4 cm³/mol. The summed E-state index contributed by atoms with van der Waals surface area (Å²) in [4.78, 5) is 10.5. The predicted octanol–water partition coefficient (Wildman–Crippen LogP) is 2.78. The maximum atomic E-state index is 10.5. The summed E-state index contributed by atoms with van der Waals surface area (Å²) in [7, 11) is 0. The Morgan fingerprint density at radius 1 is 1.53 bits per heavy atom. The van der Waals surface area contributed by atoms with Crippen LogP contribution in [0.2, 0.25) is 5.02 Å². The quantitative estimate of drug-likeness (QED) is 0.807. The fourth-order valence-corrected chi connectivity index (χ4v) is 1.31. The van der Waals surface area contributed by atoms with E-state index in [-0.39, 0.29) is 17.4 Å². The van der Waals surface area contributed by atoms with Gasteiger partial charge in [0.05, 0.1) is 18.3 Å². The standard InChI is InChI=1S/C11H13ClO3/c1-7(2)15-6-9-4-11(14)8(5-13)3-10(9)12/h3-5,7,14H,6H2,1-2H3. The molecule has 0 fully saturated rings. The van der Waals surface area contributed by atoms with Crippen LogP contribution in [-0.4, -0.2) is 17.5 Å². The third-order valence-electron chi connectivity index (χ3n) is 1.89. The topological polar surface area (TPSA) is 46.5 Å². The van der Waals surface area contributed by atoms with Crippen LogP contribution in [0.4, 0.5) is 0 Å². The summed E-state index contributed by atoms with van der Waals surface area (Å²) in [5.74, 6) is -0.0724. The first kappa shape index (κ1) is 12.0. The second-order valence-electron chi connectivity index (χ2n) is 3.48. The summed E-state index contributed by atoms with van der Waals surface area (Å²) in [5, 5.41) is 9.86. The van der Waals surface area contributed by atoms with Crippen molar-refractivity contribution < 1.29 is 14.6 Å². The zero-order valence-corrected chi connectivity index (χ0v) is 9.41. The maximum Gasteiger partial charge on any atom is 0.153 e. The van der Waals surface area contributed by atoms with Crippen LogP contribution in [0.3, 0.4) is 0 Å². The van der Waals surface area contributed by atoms with E-state index in [1.54, 1.807) is 0 Å². The molecule has 0 spiro atoms. The molecule has 0 aromatic heterocycles. The van der Waals surface area contributed by atoms with Gasteiger partial charge in [-0.15, -0.1) is 0 Å². The summed E-state index contributed by atoms with van der Waals surface area (Å²) in [6, 6.07) is 2.89. The fourth-order valence-electron chi connectivity index (χ4n) is 1.08. The van der Waals surface area contributed by atoms with E-state index >= 15 is 0 Å². The molecule has 3 nitrogen and oxygen atoms in total. The smallest absolute Gasteiger partial charge is 0.153 e. The third-order valence-corrected chi connectivity index (χ3v) is 2.25. The van der Waals surface area contributed by atoms with Gasteiger partial charge in [-0.1, -0.05) is 11.6 Å². The molecule has 82 valence electrons. The Labute approximate surface area is 93.6 Å². The summed E-state index contributed by atoms with van der Waals surface area (Å²) < 4.78 is 5.35. The van der Waals surface area contributed by atoms with Crippen molar-refractivity contribution in [2.45, 2.75) is 26.6 Å². The van der Waals surface area contributed by atoms with E-state index in [2.05, 4.69) is 0 Å². The van der Waals surface area contributed by atoms with E-state index in [9.17, 15) is 9.90 Å². The van der Waals surface area contributed by atoms with Crippen molar-refractivity contribution in [2.24, 2.45) is 0 Å². The first-order chi connectivity index (χ1) is 7.04. The van der Waals surface area contributed by atoms with Crippen molar-refractivity contribution in [3.63, 3.8) is 0 Å². The van der Waals surface area contributed by atoms with E-state index in [0.29, 0.717) is 23.5 Å². The minimum atomic E-state index is -0.0724. The number of aldehydes is 1. The number of hydrogen-bond acceptors (Lipinski definition) is 3. The Hall–Kier alpha value is -1.06. The van der Waals surface area contributed by atoms with E-state index < -0.39 is 0 Å². The average molecular weight is 229 g/mol. The van der Waals surface area contributed by atoms with Crippen LogP contribution in [0.25, 0.3) is 0 Å². The lowest BCUT2D eigenvalue weighted by Crippen LogP contribution is -2.03. The van der Waals surface area contributed by atoms with Gasteiger partial charge in [0.1, 0.15) is 5.75 Å². The minimum absolute atomic E-state index is 0.0724. The molecule has 0 aliphatic carbocycles. The molecule has 0 amide bonds. The second-order valence-corrected chi connectivity index (χ2v) is 3.89. The number of carbonyl (C=O) groups is 1. The van der Waals surface area contributed by atoms with Crippen LogP contribution in [0.5, 0.6) is 5.75 Å². The second kappa shape index (κ2) is 5.14. The highest BCUT2D eigenvalue weighted by Gasteiger charge is 2.08. The van der Waals surface area contributed by atoms with E-state index in [1.165, 1.54) is 12.1 Å². The van der Waals surface area contributed by atoms with Crippen LogP contribution in [0.1, 0.15) is 29.8 Å². The monoisotopic (exact) mass is 228 g/mol. The molecule has 0 heterocycles. The molecule has 0 saturated heterocycles. The molecule has 1 aromatic carbocycles. The van der Waals surface area contributed by atoms with Gasteiger partial charge in [-0.05, 0) is 26.0 Å². The van der Waals surface area contributed by atoms with E-state index in [1.807, 2.05) is 13.8 Å². The Morgan fingerprint density at radius 3 is 2.73 bits per heavy atom. The fraction of sp³-hybridized carbons (Fsp3) is 0.364. The van der Waals surface area contributed by atoms with Crippen molar-refractivity contribution in [1.29, 1.82) is 0 Å². The molecule has 0 bridgehead atoms. The highest BCUT2D eigenvalue weighted by molar-refractivity contribution is 6.31. The molecule has 15 heavy (non-hydrogen) atoms. The van der Waals surface area contributed by atoms with Crippen LogP contribution >= 0.6 is 11.6 Å². The molecule has 0 aliphatic rings. The lowest BCUT2D eigenvalue weighted by Gasteiger charge is -2.10. The maximum absolute atomic E-state index is 10.5. The molecule has 4 heteroatoms. The molecule has 1 N–H and O–H groups in total. The number of rotatable bonds is 4. The highest BCUT2D eigenvalue weighted by atomic mass is 35.5. The lowest BCUT2D eigenvalue weighted by molar-refractivity contribution is 0.0656. The van der Waals surface area contributed by atoms with Crippen LogP contribution in [0, 0.1) is 0 Å². The number of phenols is 1. The Bertz CT molecular complexity index is 361. The van der Waals surface area contributed by atoms with Crippen molar-refractivity contribution in [3.05, 3.63) is 28.3 Å². The molecule has 0 aliphatic heterocycles. The Balaban J connectivity index is 2.90. The average Bonchev–Trinajstić information content (AvgIpc) is 2.18. The van der Waals surface area contributed by atoms with Gasteiger partial charge in [0, 0.05) is 10.6 Å². The SMILES string of the molecule is CC(C)OCc1cc(O)c(C=O)cc1Cl. The minimum Gasteiger partial charge on any atom is -0.507 e. The van der Waals surface area contributed by atoms with Gasteiger partial charge in [-0.25, -0.2) is 0 Å². The molecule has 1 aromatic rings. The molecule has 0 saturated carbocycles. The number of carbonyl (C=O) groups excluding carboxylic acids is 1. The zero-order valence-electron chi connectivity index (χ0n) is 8.66. The van der Waals surface area contributed by atoms with Crippen LogP contribution < -0.4 is 0 Å². The van der Waals surface area contributed by atoms with Crippen molar-refractivity contribution >= 4 is 17.9 Å². The Kier molecular flexibility index (Phi) is 4.12. The number of phenolic OH excluding ortho intramolecular Hbond substituents is 1. The van der Waals surface area contributed by atoms with Gasteiger partial charge in [-0.3, -0.25) is 4.79 Å². The number of ether oxygens (including phenoxy) is 1. The summed E-state index contributed by atoms with van der Waals surface area (Å²) in [6.45, 7) is 4.14. The largest absolute Gasteiger partial charge is 0.507 e.